The summed E-state index contributed by atoms with van der Waals surface area (Å²) < 4.78 is 47.9. The van der Waals surface area contributed by atoms with Crippen LogP contribution in [0.25, 0.3) is 0 Å². The lowest BCUT2D eigenvalue weighted by atomic mass is 9.95. The van der Waals surface area contributed by atoms with E-state index in [0.717, 1.165) is 44.8 Å². The highest BCUT2D eigenvalue weighted by Gasteiger charge is 2.27. The molecule has 28 heavy (non-hydrogen) atoms. The van der Waals surface area contributed by atoms with E-state index >= 15 is 0 Å². The van der Waals surface area contributed by atoms with E-state index in [1.807, 2.05) is 18.2 Å². The molecule has 0 atom stereocenters. The Morgan fingerprint density at radius 2 is 1.82 bits per heavy atom. The lowest BCUT2D eigenvalue weighted by molar-refractivity contribution is -0.136. The number of likely N-dealkylation sites (tertiary alicyclic amines) is 1. The number of alkyl halides is 3. The minimum absolute atomic E-state index is 0.153. The number of rotatable bonds is 11. The minimum Gasteiger partial charge on any atom is -0.496 e. The number of para-hydroxylation sites is 1. The maximum Gasteiger partial charge on any atom is 0.389 e. The van der Waals surface area contributed by atoms with E-state index in [4.69, 9.17) is 9.47 Å². The fourth-order valence-electron chi connectivity index (χ4n) is 3.78. The SMILES string of the molecule is COCCN(CCCC(F)(F)F)CC1CCN(Cc2ccccc2OC)CC1. The van der Waals surface area contributed by atoms with Crippen molar-refractivity contribution in [3.63, 3.8) is 0 Å². The molecule has 160 valence electrons. The van der Waals surface area contributed by atoms with Gasteiger partial charge < -0.3 is 14.4 Å². The van der Waals surface area contributed by atoms with Crippen LogP contribution in [0.5, 0.6) is 5.75 Å². The summed E-state index contributed by atoms with van der Waals surface area (Å²) in [6, 6.07) is 8.08. The summed E-state index contributed by atoms with van der Waals surface area (Å²) in [7, 11) is 3.32. The standard InChI is InChI=1S/C21H33F3N2O2/c1-27-15-14-25(11-5-10-21(22,23)24)16-18-8-12-26(13-9-18)17-19-6-3-4-7-20(19)28-2/h3-4,6-7,18H,5,8-17H2,1-2H3. The van der Waals surface area contributed by atoms with E-state index < -0.39 is 12.6 Å². The Hall–Kier alpha value is -1.31. The molecule has 1 saturated heterocycles. The van der Waals surface area contributed by atoms with Gasteiger partial charge in [-0.25, -0.2) is 0 Å². The van der Waals surface area contributed by atoms with E-state index in [-0.39, 0.29) is 6.42 Å². The number of methoxy groups -OCH3 is 2. The number of piperidine rings is 1. The van der Waals surface area contributed by atoms with Crippen molar-refractivity contribution in [2.75, 3.05) is 53.6 Å². The van der Waals surface area contributed by atoms with Crippen LogP contribution in [0.2, 0.25) is 0 Å². The molecule has 1 heterocycles. The van der Waals surface area contributed by atoms with Gasteiger partial charge in [-0.1, -0.05) is 18.2 Å². The summed E-state index contributed by atoms with van der Waals surface area (Å²) in [6.07, 6.45) is -2.50. The number of halogens is 3. The molecule has 1 fully saturated rings. The Kier molecular flexibility index (Phi) is 9.55. The van der Waals surface area contributed by atoms with Crippen molar-refractivity contribution in [2.45, 2.75) is 38.4 Å². The molecule has 0 aromatic heterocycles. The van der Waals surface area contributed by atoms with Crippen molar-refractivity contribution in [3.8, 4) is 5.75 Å². The summed E-state index contributed by atoms with van der Waals surface area (Å²) in [5.74, 6) is 1.44. The predicted molar refractivity (Wildman–Crippen MR) is 105 cm³/mol. The third-order valence-corrected chi connectivity index (χ3v) is 5.36. The van der Waals surface area contributed by atoms with Crippen LogP contribution in [0.1, 0.15) is 31.2 Å². The number of ether oxygens (including phenoxy) is 2. The maximum absolute atomic E-state index is 12.4. The van der Waals surface area contributed by atoms with Gasteiger partial charge in [-0.3, -0.25) is 4.90 Å². The van der Waals surface area contributed by atoms with Crippen LogP contribution in [-0.2, 0) is 11.3 Å². The number of hydrogen-bond donors (Lipinski definition) is 0. The Bertz CT molecular complexity index is 561. The molecular weight excluding hydrogens is 369 g/mol. The second-order valence-corrected chi connectivity index (χ2v) is 7.54. The summed E-state index contributed by atoms with van der Waals surface area (Å²) in [5, 5.41) is 0. The predicted octanol–water partition coefficient (Wildman–Crippen LogP) is 4.20. The highest BCUT2D eigenvalue weighted by Crippen LogP contribution is 2.25. The highest BCUT2D eigenvalue weighted by molar-refractivity contribution is 5.33. The molecule has 1 aliphatic rings. The van der Waals surface area contributed by atoms with Gasteiger partial charge in [0.25, 0.3) is 0 Å². The smallest absolute Gasteiger partial charge is 0.389 e. The van der Waals surface area contributed by atoms with Crippen LogP contribution in [0.4, 0.5) is 13.2 Å². The normalized spacial score (nSPS) is 16.6. The summed E-state index contributed by atoms with van der Waals surface area (Å²) >= 11 is 0. The van der Waals surface area contributed by atoms with Gasteiger partial charge in [-0.05, 0) is 50.9 Å². The molecular formula is C21H33F3N2O2. The molecule has 0 unspecified atom stereocenters. The fourth-order valence-corrected chi connectivity index (χ4v) is 3.78. The first kappa shape index (κ1) is 23.0. The molecule has 0 radical (unpaired) electrons. The first-order valence-electron chi connectivity index (χ1n) is 10.0. The topological polar surface area (TPSA) is 24.9 Å². The minimum atomic E-state index is -4.07. The van der Waals surface area contributed by atoms with Crippen molar-refractivity contribution < 1.29 is 22.6 Å². The van der Waals surface area contributed by atoms with Gasteiger partial charge in [0.05, 0.1) is 13.7 Å². The molecule has 1 aliphatic heterocycles. The van der Waals surface area contributed by atoms with E-state index in [1.165, 1.54) is 5.56 Å². The largest absolute Gasteiger partial charge is 0.496 e. The molecule has 0 N–H and O–H groups in total. The average Bonchev–Trinajstić information content (AvgIpc) is 2.67. The first-order valence-corrected chi connectivity index (χ1v) is 10.0. The second kappa shape index (κ2) is 11.6. The molecule has 0 spiro atoms. The molecule has 1 aromatic rings. The molecule has 4 nitrogen and oxygen atoms in total. The van der Waals surface area contributed by atoms with Crippen molar-refractivity contribution in [3.05, 3.63) is 29.8 Å². The summed E-state index contributed by atoms with van der Waals surface area (Å²) in [6.45, 7) is 5.45. The molecule has 0 amide bonds. The zero-order valence-corrected chi connectivity index (χ0v) is 17.0. The maximum atomic E-state index is 12.4. The van der Waals surface area contributed by atoms with Gasteiger partial charge in [-0.2, -0.15) is 13.2 Å². The summed E-state index contributed by atoms with van der Waals surface area (Å²) in [5.41, 5.74) is 1.19. The zero-order valence-electron chi connectivity index (χ0n) is 17.0. The van der Waals surface area contributed by atoms with Crippen LogP contribution in [0.15, 0.2) is 24.3 Å². The molecule has 7 heteroatoms. The lowest BCUT2D eigenvalue weighted by Gasteiger charge is -2.35. The molecule has 1 aromatic carbocycles. The third kappa shape index (κ3) is 8.37. The van der Waals surface area contributed by atoms with E-state index in [1.54, 1.807) is 14.2 Å². The van der Waals surface area contributed by atoms with Gasteiger partial charge in [-0.15, -0.1) is 0 Å². The average molecular weight is 403 g/mol. The number of nitrogens with zero attached hydrogens (tertiary/aromatic N) is 2. The quantitative estimate of drug-likeness (QED) is 0.554. The van der Waals surface area contributed by atoms with Gasteiger partial charge >= 0.3 is 6.18 Å². The van der Waals surface area contributed by atoms with Gasteiger partial charge in [0.1, 0.15) is 5.75 Å². The molecule has 0 aliphatic carbocycles. The Balaban J connectivity index is 1.77. The molecule has 0 saturated carbocycles. The van der Waals surface area contributed by atoms with Crippen molar-refractivity contribution in [2.24, 2.45) is 5.92 Å². The number of benzene rings is 1. The van der Waals surface area contributed by atoms with E-state index in [2.05, 4.69) is 15.9 Å². The van der Waals surface area contributed by atoms with Crippen LogP contribution in [0.3, 0.4) is 0 Å². The van der Waals surface area contributed by atoms with Crippen LogP contribution in [-0.4, -0.2) is 69.5 Å². The highest BCUT2D eigenvalue weighted by atomic mass is 19.4. The van der Waals surface area contributed by atoms with Gasteiger partial charge in [0, 0.05) is 38.7 Å². The third-order valence-electron chi connectivity index (χ3n) is 5.36. The van der Waals surface area contributed by atoms with Crippen molar-refractivity contribution >= 4 is 0 Å². The van der Waals surface area contributed by atoms with Crippen LogP contribution >= 0.6 is 0 Å². The van der Waals surface area contributed by atoms with E-state index in [9.17, 15) is 13.2 Å². The Morgan fingerprint density at radius 1 is 1.11 bits per heavy atom. The Morgan fingerprint density at radius 3 is 2.46 bits per heavy atom. The van der Waals surface area contributed by atoms with Crippen molar-refractivity contribution in [1.82, 2.24) is 9.80 Å². The van der Waals surface area contributed by atoms with Gasteiger partial charge in [0.15, 0.2) is 0 Å². The first-order chi connectivity index (χ1) is 13.4. The van der Waals surface area contributed by atoms with Crippen LogP contribution < -0.4 is 4.74 Å². The fraction of sp³-hybridized carbons (Fsp3) is 0.714. The molecule has 0 bridgehead atoms. The molecule has 2 rings (SSSR count). The number of hydrogen-bond acceptors (Lipinski definition) is 4. The lowest BCUT2D eigenvalue weighted by Crippen LogP contribution is -2.40. The Labute approximate surface area is 166 Å². The monoisotopic (exact) mass is 402 g/mol. The second-order valence-electron chi connectivity index (χ2n) is 7.54. The van der Waals surface area contributed by atoms with Crippen LogP contribution in [0, 0.1) is 5.92 Å². The van der Waals surface area contributed by atoms with E-state index in [0.29, 0.717) is 25.6 Å². The van der Waals surface area contributed by atoms with Gasteiger partial charge in [0.2, 0.25) is 0 Å². The zero-order chi connectivity index (χ0) is 20.4. The van der Waals surface area contributed by atoms with Crippen molar-refractivity contribution in [1.29, 1.82) is 0 Å². The summed E-state index contributed by atoms with van der Waals surface area (Å²) in [4.78, 5) is 4.56.